The van der Waals surface area contributed by atoms with Crippen molar-refractivity contribution >= 4 is 23.3 Å². The molecule has 0 aliphatic rings. The first-order chi connectivity index (χ1) is 8.04. The first-order valence-electron chi connectivity index (χ1n) is 5.38. The van der Waals surface area contributed by atoms with Gasteiger partial charge < -0.3 is 15.2 Å². The molecule has 1 atom stereocenters. The van der Waals surface area contributed by atoms with Gasteiger partial charge in [-0.1, -0.05) is 11.6 Å². The topological polar surface area (TPSA) is 61.5 Å². The summed E-state index contributed by atoms with van der Waals surface area (Å²) in [6, 6.07) is 4.68. The van der Waals surface area contributed by atoms with Crippen molar-refractivity contribution in [3.05, 3.63) is 28.8 Å². The van der Waals surface area contributed by atoms with Crippen molar-refractivity contribution in [1.29, 1.82) is 0 Å². The second kappa shape index (κ2) is 6.47. The summed E-state index contributed by atoms with van der Waals surface area (Å²) >= 11 is 5.90. The first kappa shape index (κ1) is 13.8. The lowest BCUT2D eigenvalue weighted by Gasteiger charge is -2.13. The molecule has 0 bridgehead atoms. The summed E-state index contributed by atoms with van der Waals surface area (Å²) in [6.07, 6.45) is -0.309. The van der Waals surface area contributed by atoms with Gasteiger partial charge in [0.15, 0.2) is 0 Å². The fourth-order valence-corrected chi connectivity index (χ4v) is 1.53. The number of nitrogen functional groups attached to an aromatic ring is 1. The van der Waals surface area contributed by atoms with E-state index in [1.54, 1.807) is 19.1 Å². The number of halogens is 1. The minimum atomic E-state index is -0.470. The van der Waals surface area contributed by atoms with Gasteiger partial charge in [0.2, 0.25) is 0 Å². The van der Waals surface area contributed by atoms with Crippen molar-refractivity contribution in [2.75, 3.05) is 18.9 Å². The van der Waals surface area contributed by atoms with Crippen LogP contribution in [0.5, 0.6) is 0 Å². The molecule has 0 fully saturated rings. The Kier molecular flexibility index (Phi) is 5.25. The number of hydrogen-bond donors (Lipinski definition) is 1. The van der Waals surface area contributed by atoms with Gasteiger partial charge in [0.25, 0.3) is 0 Å². The minimum absolute atomic E-state index is 0.290. The molecule has 94 valence electrons. The van der Waals surface area contributed by atoms with E-state index in [-0.39, 0.29) is 6.10 Å². The van der Waals surface area contributed by atoms with Gasteiger partial charge in [0.1, 0.15) is 6.10 Å². The fourth-order valence-electron chi connectivity index (χ4n) is 1.26. The van der Waals surface area contributed by atoms with Gasteiger partial charge in [-0.25, -0.2) is 4.79 Å². The normalized spacial score (nSPS) is 12.2. The maximum absolute atomic E-state index is 11.7. The second-order valence-electron chi connectivity index (χ2n) is 3.61. The molecule has 0 spiro atoms. The number of esters is 1. The number of carbonyl (C=O) groups excluding carboxylic acids is 1. The smallest absolute Gasteiger partial charge is 0.339 e. The van der Waals surface area contributed by atoms with Crippen LogP contribution >= 0.6 is 11.6 Å². The Labute approximate surface area is 106 Å². The Morgan fingerprint density at radius 3 is 2.82 bits per heavy atom. The zero-order valence-corrected chi connectivity index (χ0v) is 10.7. The molecule has 0 saturated carbocycles. The third kappa shape index (κ3) is 4.24. The third-order valence-electron chi connectivity index (χ3n) is 2.08. The van der Waals surface area contributed by atoms with E-state index in [2.05, 4.69) is 0 Å². The highest BCUT2D eigenvalue weighted by molar-refractivity contribution is 6.33. The molecule has 1 aromatic rings. The lowest BCUT2D eigenvalue weighted by molar-refractivity contribution is 0.00441. The molecule has 0 aliphatic carbocycles. The van der Waals surface area contributed by atoms with Crippen LogP contribution < -0.4 is 5.73 Å². The summed E-state index contributed by atoms with van der Waals surface area (Å²) in [6.45, 7) is 4.60. The zero-order chi connectivity index (χ0) is 12.8. The second-order valence-corrected chi connectivity index (χ2v) is 4.02. The maximum Gasteiger partial charge on any atom is 0.339 e. The summed E-state index contributed by atoms with van der Waals surface area (Å²) in [5.74, 6) is -0.470. The highest BCUT2D eigenvalue weighted by atomic mass is 35.5. The molecular formula is C12H16ClNO3. The van der Waals surface area contributed by atoms with Gasteiger partial charge in [-0.05, 0) is 32.0 Å². The number of carbonyl (C=O) groups is 1. The Morgan fingerprint density at radius 1 is 1.53 bits per heavy atom. The van der Waals surface area contributed by atoms with Gasteiger partial charge in [0.05, 0.1) is 17.2 Å². The van der Waals surface area contributed by atoms with E-state index in [1.165, 1.54) is 6.07 Å². The van der Waals surface area contributed by atoms with Crippen LogP contribution in [0.1, 0.15) is 24.2 Å². The largest absolute Gasteiger partial charge is 0.457 e. The first-order valence-corrected chi connectivity index (χ1v) is 5.76. The standard InChI is InChI=1S/C12H16ClNO3/c1-3-16-7-8(2)17-12(15)10-5-4-9(14)6-11(10)13/h4-6,8H,3,7,14H2,1-2H3. The van der Waals surface area contributed by atoms with E-state index in [4.69, 9.17) is 26.8 Å². The third-order valence-corrected chi connectivity index (χ3v) is 2.39. The van der Waals surface area contributed by atoms with Crippen molar-refractivity contribution in [3.63, 3.8) is 0 Å². The number of benzene rings is 1. The Bertz CT molecular complexity index is 395. The summed E-state index contributed by atoms with van der Waals surface area (Å²) in [7, 11) is 0. The van der Waals surface area contributed by atoms with Gasteiger partial charge >= 0.3 is 5.97 Å². The average molecular weight is 258 g/mol. The number of ether oxygens (including phenoxy) is 2. The lowest BCUT2D eigenvalue weighted by atomic mass is 10.2. The van der Waals surface area contributed by atoms with E-state index < -0.39 is 5.97 Å². The number of anilines is 1. The highest BCUT2D eigenvalue weighted by Crippen LogP contribution is 2.20. The molecule has 1 rings (SSSR count). The van der Waals surface area contributed by atoms with Crippen LogP contribution in [0.25, 0.3) is 0 Å². The lowest BCUT2D eigenvalue weighted by Crippen LogP contribution is -2.20. The predicted octanol–water partition coefficient (Wildman–Crippen LogP) is 2.50. The van der Waals surface area contributed by atoms with Gasteiger partial charge in [-0.2, -0.15) is 0 Å². The van der Waals surface area contributed by atoms with E-state index in [9.17, 15) is 4.79 Å². The van der Waals surface area contributed by atoms with E-state index in [1.807, 2.05) is 6.92 Å². The minimum Gasteiger partial charge on any atom is -0.457 e. The predicted molar refractivity (Wildman–Crippen MR) is 67.2 cm³/mol. The van der Waals surface area contributed by atoms with Crippen LogP contribution in [-0.2, 0) is 9.47 Å². The molecule has 0 aromatic heterocycles. The molecule has 0 saturated heterocycles. The monoisotopic (exact) mass is 257 g/mol. The van der Waals surface area contributed by atoms with Crippen LogP contribution in [0.3, 0.4) is 0 Å². The molecule has 0 radical (unpaired) electrons. The van der Waals surface area contributed by atoms with E-state index in [0.29, 0.717) is 29.5 Å². The Balaban J connectivity index is 2.63. The van der Waals surface area contributed by atoms with Gasteiger partial charge in [0, 0.05) is 12.3 Å². The molecule has 4 nitrogen and oxygen atoms in total. The van der Waals surface area contributed by atoms with Crippen molar-refractivity contribution in [1.82, 2.24) is 0 Å². The molecule has 0 aliphatic heterocycles. The molecule has 0 amide bonds. The number of hydrogen-bond acceptors (Lipinski definition) is 4. The maximum atomic E-state index is 11.7. The van der Waals surface area contributed by atoms with Crippen LogP contribution in [0, 0.1) is 0 Å². The summed E-state index contributed by atoms with van der Waals surface area (Å²) < 4.78 is 10.3. The van der Waals surface area contributed by atoms with Crippen molar-refractivity contribution in [3.8, 4) is 0 Å². The van der Waals surface area contributed by atoms with Crippen molar-refractivity contribution in [2.24, 2.45) is 0 Å². The zero-order valence-electron chi connectivity index (χ0n) is 9.90. The van der Waals surface area contributed by atoms with Crippen molar-refractivity contribution in [2.45, 2.75) is 20.0 Å². The fraction of sp³-hybridized carbons (Fsp3) is 0.417. The molecule has 1 aromatic carbocycles. The molecule has 5 heteroatoms. The van der Waals surface area contributed by atoms with Crippen LogP contribution in [0.2, 0.25) is 5.02 Å². The highest BCUT2D eigenvalue weighted by Gasteiger charge is 2.15. The average Bonchev–Trinajstić information content (AvgIpc) is 2.26. The summed E-state index contributed by atoms with van der Waals surface area (Å²) in [5.41, 5.74) is 6.36. The molecule has 2 N–H and O–H groups in total. The SMILES string of the molecule is CCOCC(C)OC(=O)c1ccc(N)cc1Cl. The number of nitrogens with two attached hydrogens (primary N) is 1. The summed E-state index contributed by atoms with van der Waals surface area (Å²) in [5, 5.41) is 0.290. The van der Waals surface area contributed by atoms with Crippen molar-refractivity contribution < 1.29 is 14.3 Å². The van der Waals surface area contributed by atoms with Gasteiger partial charge in [-0.15, -0.1) is 0 Å². The van der Waals surface area contributed by atoms with E-state index in [0.717, 1.165) is 0 Å². The quantitative estimate of drug-likeness (QED) is 0.650. The van der Waals surface area contributed by atoms with Crippen LogP contribution in [0.4, 0.5) is 5.69 Å². The van der Waals surface area contributed by atoms with E-state index >= 15 is 0 Å². The molecule has 0 heterocycles. The van der Waals surface area contributed by atoms with Crippen LogP contribution in [-0.4, -0.2) is 25.3 Å². The van der Waals surface area contributed by atoms with Crippen LogP contribution in [0.15, 0.2) is 18.2 Å². The summed E-state index contributed by atoms with van der Waals surface area (Å²) in [4.78, 5) is 11.7. The Morgan fingerprint density at radius 2 is 2.24 bits per heavy atom. The number of rotatable bonds is 5. The molecule has 1 unspecified atom stereocenters. The molecule has 17 heavy (non-hydrogen) atoms. The van der Waals surface area contributed by atoms with Gasteiger partial charge in [-0.3, -0.25) is 0 Å². The molecular weight excluding hydrogens is 242 g/mol. The Hall–Kier alpha value is -1.26.